The van der Waals surface area contributed by atoms with Gasteiger partial charge in [0.1, 0.15) is 5.82 Å². The van der Waals surface area contributed by atoms with Crippen molar-refractivity contribution in [2.24, 2.45) is 0 Å². The van der Waals surface area contributed by atoms with Gasteiger partial charge < -0.3 is 10.6 Å². The van der Waals surface area contributed by atoms with E-state index in [4.69, 9.17) is 0 Å². The van der Waals surface area contributed by atoms with Crippen LogP contribution in [0.5, 0.6) is 0 Å². The number of amides is 2. The number of carbonyl (C=O) groups is 2. The van der Waals surface area contributed by atoms with Gasteiger partial charge >= 0.3 is 0 Å². The highest BCUT2D eigenvalue weighted by Gasteiger charge is 2.12. The van der Waals surface area contributed by atoms with Crippen molar-refractivity contribution in [1.82, 2.24) is 4.98 Å². The molecule has 0 aliphatic rings. The molecule has 31 heavy (non-hydrogen) atoms. The number of thioether (sulfide) groups is 1. The zero-order chi connectivity index (χ0) is 21.6. The Morgan fingerprint density at radius 3 is 2.68 bits per heavy atom. The Labute approximate surface area is 190 Å². The first-order chi connectivity index (χ1) is 15.1. The van der Waals surface area contributed by atoms with E-state index in [-0.39, 0.29) is 17.2 Å². The molecular weight excluding hydrogens is 453 g/mol. The summed E-state index contributed by atoms with van der Waals surface area (Å²) < 4.78 is 13.8. The number of carbonyl (C=O) groups excluding carboxylic acids is 2. The molecule has 2 amide bonds. The quantitative estimate of drug-likeness (QED) is 0.326. The van der Waals surface area contributed by atoms with Crippen LogP contribution in [0, 0.1) is 5.82 Å². The number of anilines is 2. The van der Waals surface area contributed by atoms with Crippen LogP contribution in [-0.4, -0.2) is 22.6 Å². The lowest BCUT2D eigenvalue weighted by atomic mass is 10.2. The predicted octanol–water partition coefficient (Wildman–Crippen LogP) is 5.99. The van der Waals surface area contributed by atoms with E-state index >= 15 is 0 Å². The summed E-state index contributed by atoms with van der Waals surface area (Å²) in [6.45, 7) is 0. The molecule has 4 rings (SSSR count). The second-order valence-corrected chi connectivity index (χ2v) is 9.17. The van der Waals surface area contributed by atoms with Gasteiger partial charge in [-0.3, -0.25) is 9.59 Å². The molecule has 0 unspecified atom stereocenters. The molecule has 0 spiro atoms. The van der Waals surface area contributed by atoms with Crippen LogP contribution in [0.1, 0.15) is 10.4 Å². The summed E-state index contributed by atoms with van der Waals surface area (Å²) in [4.78, 5) is 30.9. The van der Waals surface area contributed by atoms with Crippen LogP contribution < -0.4 is 10.6 Å². The molecule has 0 aliphatic heterocycles. The molecule has 2 heterocycles. The standard InChI is InChI=1S/C22H16FN3O2S3/c23-17-8-2-1-7-16(17)21(28)24-14-5-3-6-15(11-14)30-13-20(27)26-22-25-18(12-31-22)19-9-4-10-29-19/h1-12H,13H2,(H,24,28)(H,25,26,27). The molecule has 0 aliphatic carbocycles. The van der Waals surface area contributed by atoms with Crippen LogP contribution in [-0.2, 0) is 4.79 Å². The summed E-state index contributed by atoms with van der Waals surface area (Å²) in [6, 6.07) is 16.8. The van der Waals surface area contributed by atoms with Gasteiger partial charge in [0.2, 0.25) is 5.91 Å². The van der Waals surface area contributed by atoms with Crippen molar-refractivity contribution < 1.29 is 14.0 Å². The molecule has 9 heteroatoms. The molecular formula is C22H16FN3O2S3. The zero-order valence-electron chi connectivity index (χ0n) is 16.0. The third-order valence-corrected chi connectivity index (χ3v) is 6.75. The Kier molecular flexibility index (Phi) is 6.76. The molecule has 2 aromatic carbocycles. The Morgan fingerprint density at radius 1 is 1.00 bits per heavy atom. The van der Waals surface area contributed by atoms with Crippen LogP contribution in [0.2, 0.25) is 0 Å². The topological polar surface area (TPSA) is 71.1 Å². The Bertz CT molecular complexity index is 1210. The van der Waals surface area contributed by atoms with Gasteiger partial charge in [-0.1, -0.05) is 24.3 Å². The molecule has 0 bridgehead atoms. The third kappa shape index (κ3) is 5.57. The maximum absolute atomic E-state index is 13.8. The lowest BCUT2D eigenvalue weighted by molar-refractivity contribution is -0.113. The second-order valence-electron chi connectivity index (χ2n) is 6.31. The molecule has 0 atom stereocenters. The maximum Gasteiger partial charge on any atom is 0.258 e. The lowest BCUT2D eigenvalue weighted by Crippen LogP contribution is -2.14. The number of benzene rings is 2. The van der Waals surface area contributed by atoms with E-state index in [0.29, 0.717) is 10.8 Å². The summed E-state index contributed by atoms with van der Waals surface area (Å²) >= 11 is 4.31. The molecule has 156 valence electrons. The fourth-order valence-electron chi connectivity index (χ4n) is 2.68. The average Bonchev–Trinajstić information content (AvgIpc) is 3.45. The van der Waals surface area contributed by atoms with E-state index in [1.54, 1.807) is 35.6 Å². The first kappa shape index (κ1) is 21.2. The van der Waals surface area contributed by atoms with Crippen molar-refractivity contribution in [3.63, 3.8) is 0 Å². The Morgan fingerprint density at radius 2 is 1.87 bits per heavy atom. The highest BCUT2D eigenvalue weighted by Crippen LogP contribution is 2.28. The van der Waals surface area contributed by atoms with Crippen LogP contribution in [0.3, 0.4) is 0 Å². The van der Waals surface area contributed by atoms with E-state index in [9.17, 15) is 14.0 Å². The van der Waals surface area contributed by atoms with Gasteiger partial charge in [0.25, 0.3) is 5.91 Å². The minimum absolute atomic E-state index is 0.0229. The SMILES string of the molecule is O=C(CSc1cccc(NC(=O)c2ccccc2F)c1)Nc1nc(-c2cccs2)cs1. The van der Waals surface area contributed by atoms with Crippen LogP contribution >= 0.6 is 34.4 Å². The molecule has 2 N–H and O–H groups in total. The molecule has 5 nitrogen and oxygen atoms in total. The van der Waals surface area contributed by atoms with Gasteiger partial charge in [-0.15, -0.1) is 34.4 Å². The summed E-state index contributed by atoms with van der Waals surface area (Å²) in [5, 5.41) is 9.94. The first-order valence-electron chi connectivity index (χ1n) is 9.16. The van der Waals surface area contributed by atoms with Crippen molar-refractivity contribution in [2.45, 2.75) is 4.90 Å². The Hall–Kier alpha value is -3.01. The number of hydrogen-bond acceptors (Lipinski definition) is 6. The molecule has 0 saturated carbocycles. The number of halogens is 1. The number of thiophene rings is 1. The third-order valence-electron chi connectivity index (χ3n) is 4.10. The van der Waals surface area contributed by atoms with Crippen molar-refractivity contribution in [2.75, 3.05) is 16.4 Å². The molecule has 2 aromatic heterocycles. The largest absolute Gasteiger partial charge is 0.322 e. The van der Waals surface area contributed by atoms with E-state index in [1.807, 2.05) is 29.0 Å². The van der Waals surface area contributed by atoms with Gasteiger partial charge in [-0.25, -0.2) is 9.37 Å². The highest BCUT2D eigenvalue weighted by atomic mass is 32.2. The summed E-state index contributed by atoms with van der Waals surface area (Å²) in [6.07, 6.45) is 0. The molecule has 0 saturated heterocycles. The lowest BCUT2D eigenvalue weighted by Gasteiger charge is -2.08. The number of hydrogen-bond donors (Lipinski definition) is 2. The zero-order valence-corrected chi connectivity index (χ0v) is 18.5. The molecule has 0 radical (unpaired) electrons. The number of thiazole rings is 1. The summed E-state index contributed by atoms with van der Waals surface area (Å²) in [7, 11) is 0. The minimum Gasteiger partial charge on any atom is -0.322 e. The summed E-state index contributed by atoms with van der Waals surface area (Å²) in [5.74, 6) is -1.08. The van der Waals surface area contributed by atoms with Gasteiger partial charge in [0, 0.05) is 16.0 Å². The van der Waals surface area contributed by atoms with Crippen LogP contribution in [0.4, 0.5) is 15.2 Å². The van der Waals surface area contributed by atoms with E-state index in [2.05, 4.69) is 15.6 Å². The molecule has 0 fully saturated rings. The van der Waals surface area contributed by atoms with Crippen molar-refractivity contribution in [1.29, 1.82) is 0 Å². The first-order valence-corrected chi connectivity index (χ1v) is 11.9. The van der Waals surface area contributed by atoms with E-state index in [1.165, 1.54) is 41.3 Å². The average molecular weight is 470 g/mol. The van der Waals surface area contributed by atoms with Crippen molar-refractivity contribution >= 4 is 57.1 Å². The minimum atomic E-state index is -0.577. The number of aromatic nitrogens is 1. The van der Waals surface area contributed by atoms with E-state index < -0.39 is 11.7 Å². The fraction of sp³-hybridized carbons (Fsp3) is 0.0455. The van der Waals surface area contributed by atoms with Crippen LogP contribution in [0.15, 0.2) is 76.3 Å². The smallest absolute Gasteiger partial charge is 0.258 e. The second kappa shape index (κ2) is 9.86. The fourth-order valence-corrected chi connectivity index (χ4v) is 4.92. The van der Waals surface area contributed by atoms with Gasteiger partial charge in [0.05, 0.1) is 21.9 Å². The number of nitrogens with one attached hydrogen (secondary N) is 2. The predicted molar refractivity (Wildman–Crippen MR) is 126 cm³/mol. The van der Waals surface area contributed by atoms with E-state index in [0.717, 1.165) is 15.5 Å². The number of rotatable bonds is 7. The van der Waals surface area contributed by atoms with Gasteiger partial charge in [-0.2, -0.15) is 0 Å². The maximum atomic E-state index is 13.8. The molecule has 4 aromatic rings. The normalized spacial score (nSPS) is 10.6. The van der Waals surface area contributed by atoms with Crippen molar-refractivity contribution in [3.8, 4) is 10.6 Å². The highest BCUT2D eigenvalue weighted by molar-refractivity contribution is 8.00. The van der Waals surface area contributed by atoms with Gasteiger partial charge in [-0.05, 0) is 41.8 Å². The Balaban J connectivity index is 1.32. The van der Waals surface area contributed by atoms with Crippen molar-refractivity contribution in [3.05, 3.63) is 82.8 Å². The number of nitrogens with zero attached hydrogens (tertiary/aromatic N) is 1. The summed E-state index contributed by atoms with van der Waals surface area (Å²) in [5.41, 5.74) is 1.35. The monoisotopic (exact) mass is 469 g/mol. The van der Waals surface area contributed by atoms with Gasteiger partial charge in [0.15, 0.2) is 5.13 Å². The van der Waals surface area contributed by atoms with Crippen LogP contribution in [0.25, 0.3) is 10.6 Å².